The number of pyridine rings is 1. The van der Waals surface area contributed by atoms with Crippen molar-refractivity contribution >= 4 is 21.9 Å². The smallest absolute Gasteiger partial charge is 0.164 e. The van der Waals surface area contributed by atoms with E-state index in [9.17, 15) is 0 Å². The normalized spacial score (nSPS) is 11.3. The fourth-order valence-corrected chi connectivity index (χ4v) is 9.93. The minimum atomic E-state index is 0.620. The van der Waals surface area contributed by atoms with Crippen molar-refractivity contribution in [2.45, 2.75) is 13.8 Å². The summed E-state index contributed by atoms with van der Waals surface area (Å²) in [5.74, 6) is 1.89. The van der Waals surface area contributed by atoms with Crippen LogP contribution in [0.2, 0.25) is 0 Å². The Balaban J connectivity index is 1.05. The number of hydrogen-bond donors (Lipinski definition) is 0. The molecule has 0 saturated heterocycles. The lowest BCUT2D eigenvalue weighted by molar-refractivity contribution is 1.07. The second-order valence-electron chi connectivity index (χ2n) is 17.5. The number of rotatable bonds is 9. The number of aromatic nitrogens is 5. The van der Waals surface area contributed by atoms with Crippen LogP contribution in [0.4, 0.5) is 0 Å². The molecule has 5 heteroatoms. The average molecular weight is 884 g/mol. The Hall–Kier alpha value is -9.06. The van der Waals surface area contributed by atoms with Crippen LogP contribution in [0.1, 0.15) is 11.1 Å². The summed E-state index contributed by atoms with van der Waals surface area (Å²) in [5.41, 5.74) is 20.0. The maximum Gasteiger partial charge on any atom is 0.164 e. The van der Waals surface area contributed by atoms with Crippen LogP contribution >= 0.6 is 0 Å². The van der Waals surface area contributed by atoms with Gasteiger partial charge in [-0.05, 0) is 117 Å². The van der Waals surface area contributed by atoms with Crippen molar-refractivity contribution in [2.24, 2.45) is 0 Å². The maximum atomic E-state index is 5.07. The van der Waals surface area contributed by atoms with Gasteiger partial charge in [0.15, 0.2) is 17.5 Å². The fraction of sp³-hybridized carbons (Fsp3) is 0.0312. The van der Waals surface area contributed by atoms with Gasteiger partial charge in [0.05, 0.1) is 5.52 Å². The van der Waals surface area contributed by atoms with E-state index in [1.54, 1.807) is 0 Å². The number of benzene rings is 9. The zero-order valence-electron chi connectivity index (χ0n) is 38.3. The van der Waals surface area contributed by atoms with Crippen molar-refractivity contribution in [3.8, 4) is 95.5 Å². The molecule has 0 saturated carbocycles. The second-order valence-corrected chi connectivity index (χ2v) is 17.5. The molecule has 0 fully saturated rings. The third-order valence-electron chi connectivity index (χ3n) is 13.4. The third-order valence-corrected chi connectivity index (χ3v) is 13.4. The minimum Gasteiger partial charge on any atom is -0.294 e. The Kier molecular flexibility index (Phi) is 10.6. The molecule has 0 spiro atoms. The second kappa shape index (κ2) is 17.6. The van der Waals surface area contributed by atoms with Gasteiger partial charge < -0.3 is 0 Å². The molecule has 0 radical (unpaired) electrons. The first-order valence-electron chi connectivity index (χ1n) is 23.4. The lowest BCUT2D eigenvalue weighted by Crippen LogP contribution is -2.02. The largest absolute Gasteiger partial charge is 0.294 e. The number of fused-ring (bicyclic) bond motifs is 3. The lowest BCUT2D eigenvalue weighted by atomic mass is 9.78. The molecule has 5 nitrogen and oxygen atoms in total. The van der Waals surface area contributed by atoms with Crippen molar-refractivity contribution in [1.29, 1.82) is 0 Å². The van der Waals surface area contributed by atoms with E-state index in [2.05, 4.69) is 182 Å². The first-order chi connectivity index (χ1) is 34.1. The molecule has 12 aromatic rings. The van der Waals surface area contributed by atoms with Crippen LogP contribution in [0.15, 0.2) is 237 Å². The van der Waals surface area contributed by atoms with E-state index < -0.39 is 0 Å². The summed E-state index contributed by atoms with van der Waals surface area (Å²) in [6.07, 6.45) is 1.89. The monoisotopic (exact) mass is 883 g/mol. The van der Waals surface area contributed by atoms with Gasteiger partial charge in [0.25, 0.3) is 0 Å². The van der Waals surface area contributed by atoms with Gasteiger partial charge in [0.2, 0.25) is 0 Å². The standard InChI is InChI=1S/C64H45N5/c1-42-43(2)58(46-23-12-5-13-24-46)60(48-34-37-53(38-35-48)69-56-39-36-52(44-19-8-3-9-20-44)41-55(56)54-29-18-40-65-64(54)69)59(57(42)45-21-10-4-11-22-45)47-30-32-51(33-31-47)63-67-61(49-25-14-6-15-26-49)66-62(68-63)50-27-16-7-17-28-50/h3-41H,1-2H3. The molecule has 0 N–H and O–H groups in total. The van der Waals surface area contributed by atoms with Gasteiger partial charge in [-0.1, -0.05) is 194 Å². The molecule has 0 bridgehead atoms. The molecule has 326 valence electrons. The van der Waals surface area contributed by atoms with E-state index >= 15 is 0 Å². The van der Waals surface area contributed by atoms with E-state index in [0.29, 0.717) is 17.5 Å². The summed E-state index contributed by atoms with van der Waals surface area (Å²) in [7, 11) is 0. The molecule has 0 unspecified atom stereocenters. The van der Waals surface area contributed by atoms with Crippen LogP contribution in [-0.4, -0.2) is 24.5 Å². The van der Waals surface area contributed by atoms with Gasteiger partial charge in [0, 0.05) is 39.3 Å². The van der Waals surface area contributed by atoms with Crippen LogP contribution in [0, 0.1) is 13.8 Å². The van der Waals surface area contributed by atoms with E-state index in [1.165, 1.54) is 61.0 Å². The van der Waals surface area contributed by atoms with Crippen molar-refractivity contribution in [1.82, 2.24) is 24.5 Å². The van der Waals surface area contributed by atoms with E-state index in [-0.39, 0.29) is 0 Å². The van der Waals surface area contributed by atoms with E-state index in [4.69, 9.17) is 19.9 Å². The fourth-order valence-electron chi connectivity index (χ4n) is 9.93. The highest BCUT2D eigenvalue weighted by Crippen LogP contribution is 2.50. The zero-order valence-corrected chi connectivity index (χ0v) is 38.3. The maximum absolute atomic E-state index is 5.07. The Morgan fingerprint density at radius 2 is 0.681 bits per heavy atom. The van der Waals surface area contributed by atoms with Crippen LogP contribution < -0.4 is 0 Å². The molecule has 0 amide bonds. The highest BCUT2D eigenvalue weighted by atomic mass is 15.0. The van der Waals surface area contributed by atoms with Gasteiger partial charge in [-0.25, -0.2) is 19.9 Å². The Bertz CT molecular complexity index is 3740. The SMILES string of the molecule is Cc1c(C)c(-c2ccccc2)c(-c2ccc(-n3c4ccc(-c5ccccc5)cc4c4cccnc43)cc2)c(-c2ccc(-c3nc(-c4ccccc4)nc(-c4ccccc4)n3)cc2)c1-c1ccccc1. The average Bonchev–Trinajstić information content (AvgIpc) is 3.76. The first-order valence-corrected chi connectivity index (χ1v) is 23.4. The predicted molar refractivity (Wildman–Crippen MR) is 285 cm³/mol. The molecule has 9 aromatic carbocycles. The Morgan fingerprint density at radius 1 is 0.304 bits per heavy atom. The van der Waals surface area contributed by atoms with Gasteiger partial charge in [-0.15, -0.1) is 0 Å². The number of nitrogens with zero attached hydrogens (tertiary/aromatic N) is 5. The van der Waals surface area contributed by atoms with Crippen LogP contribution in [-0.2, 0) is 0 Å². The quantitative estimate of drug-likeness (QED) is 0.145. The highest BCUT2D eigenvalue weighted by molar-refractivity contribution is 6.09. The molecule has 12 rings (SSSR count). The topological polar surface area (TPSA) is 56.5 Å². The van der Waals surface area contributed by atoms with Gasteiger partial charge in [-0.2, -0.15) is 0 Å². The van der Waals surface area contributed by atoms with Crippen LogP contribution in [0.3, 0.4) is 0 Å². The summed E-state index contributed by atoms with van der Waals surface area (Å²) < 4.78 is 2.30. The molecule has 69 heavy (non-hydrogen) atoms. The molecule has 0 aliphatic carbocycles. The van der Waals surface area contributed by atoms with Gasteiger partial charge in [0.1, 0.15) is 5.65 Å². The molecule has 0 aliphatic heterocycles. The van der Waals surface area contributed by atoms with Crippen molar-refractivity contribution in [3.63, 3.8) is 0 Å². The number of hydrogen-bond acceptors (Lipinski definition) is 4. The van der Waals surface area contributed by atoms with Crippen molar-refractivity contribution < 1.29 is 0 Å². The lowest BCUT2D eigenvalue weighted by Gasteiger charge is -2.26. The van der Waals surface area contributed by atoms with Gasteiger partial charge >= 0.3 is 0 Å². The Morgan fingerprint density at radius 3 is 1.16 bits per heavy atom. The predicted octanol–water partition coefficient (Wildman–Crippen LogP) is 16.3. The molecular formula is C64H45N5. The summed E-state index contributed by atoms with van der Waals surface area (Å²) in [6.45, 7) is 4.55. The minimum absolute atomic E-state index is 0.620. The molecule has 0 atom stereocenters. The third kappa shape index (κ3) is 7.56. The van der Waals surface area contributed by atoms with Crippen LogP contribution in [0.5, 0.6) is 0 Å². The highest BCUT2D eigenvalue weighted by Gasteiger charge is 2.25. The van der Waals surface area contributed by atoms with Crippen molar-refractivity contribution in [3.05, 3.63) is 248 Å². The molecule has 3 aromatic heterocycles. The van der Waals surface area contributed by atoms with Crippen LogP contribution in [0.25, 0.3) is 117 Å². The summed E-state index contributed by atoms with van der Waals surface area (Å²) >= 11 is 0. The summed E-state index contributed by atoms with van der Waals surface area (Å²) in [4.78, 5) is 20.1. The van der Waals surface area contributed by atoms with Gasteiger partial charge in [-0.3, -0.25) is 4.57 Å². The molecule has 3 heterocycles. The summed E-state index contributed by atoms with van der Waals surface area (Å²) in [6, 6.07) is 81.3. The van der Waals surface area contributed by atoms with E-state index in [0.717, 1.165) is 50.1 Å². The first kappa shape index (κ1) is 41.4. The Labute approximate surface area is 401 Å². The van der Waals surface area contributed by atoms with Crippen molar-refractivity contribution in [2.75, 3.05) is 0 Å². The summed E-state index contributed by atoms with van der Waals surface area (Å²) in [5, 5.41) is 2.30. The zero-order chi connectivity index (χ0) is 46.3. The molecular weight excluding hydrogens is 839 g/mol. The molecule has 0 aliphatic rings. The van der Waals surface area contributed by atoms with E-state index in [1.807, 2.05) is 72.9 Å².